The van der Waals surface area contributed by atoms with E-state index in [1.54, 1.807) is 0 Å². The maximum absolute atomic E-state index is 12.5. The maximum atomic E-state index is 12.5. The molecule has 0 saturated heterocycles. The summed E-state index contributed by atoms with van der Waals surface area (Å²) in [7, 11) is 0. The Labute approximate surface area is 65.0 Å². The van der Waals surface area contributed by atoms with Gasteiger partial charge in [0.25, 0.3) is 11.9 Å². The summed E-state index contributed by atoms with van der Waals surface area (Å²) in [6.07, 6.45) is 0. The van der Waals surface area contributed by atoms with Gasteiger partial charge in [0.1, 0.15) is 0 Å². The fourth-order valence-electron chi connectivity index (χ4n) is 0.648. The molecule has 0 fully saturated rings. The number of hydrogen-bond acceptors (Lipinski definition) is 2. The van der Waals surface area contributed by atoms with Gasteiger partial charge in [0.05, 0.1) is 5.56 Å². The number of rotatable bonds is 1. The molecule has 1 rings (SSSR count). The van der Waals surface area contributed by atoms with E-state index in [2.05, 4.69) is 10.7 Å². The average molecular weight is 176 g/mol. The molecule has 0 aliphatic rings. The number of amides is 1. The predicted molar refractivity (Wildman–Crippen MR) is 32.6 cm³/mol. The van der Waals surface area contributed by atoms with Crippen LogP contribution in [0, 0.1) is 17.7 Å². The van der Waals surface area contributed by atoms with E-state index in [0.717, 1.165) is 0 Å². The van der Waals surface area contributed by atoms with Crippen molar-refractivity contribution in [3.63, 3.8) is 0 Å². The molecule has 3 nitrogen and oxygen atoms in total. The SMILES string of the molecule is NC(=O)c1cc(F)nc(F)c1F. The zero-order valence-corrected chi connectivity index (χ0v) is 5.64. The summed E-state index contributed by atoms with van der Waals surface area (Å²) < 4.78 is 37.0. The van der Waals surface area contributed by atoms with Gasteiger partial charge in [-0.15, -0.1) is 0 Å². The summed E-state index contributed by atoms with van der Waals surface area (Å²) in [6, 6.07) is 0.431. The Hall–Kier alpha value is -1.59. The first-order valence-electron chi connectivity index (χ1n) is 2.83. The first-order valence-corrected chi connectivity index (χ1v) is 2.83. The first-order chi connectivity index (χ1) is 5.52. The van der Waals surface area contributed by atoms with E-state index in [1.165, 1.54) is 0 Å². The lowest BCUT2D eigenvalue weighted by Crippen LogP contribution is -2.15. The average Bonchev–Trinajstić information content (AvgIpc) is 1.96. The zero-order chi connectivity index (χ0) is 9.30. The number of hydrogen-bond donors (Lipinski definition) is 1. The van der Waals surface area contributed by atoms with Crippen LogP contribution in [0.2, 0.25) is 0 Å². The Morgan fingerprint density at radius 3 is 2.50 bits per heavy atom. The van der Waals surface area contributed by atoms with Crippen LogP contribution in [0.4, 0.5) is 13.2 Å². The van der Waals surface area contributed by atoms with E-state index in [1.807, 2.05) is 0 Å². The summed E-state index contributed by atoms with van der Waals surface area (Å²) in [6.45, 7) is 0. The molecule has 0 aliphatic heterocycles. The van der Waals surface area contributed by atoms with Crippen molar-refractivity contribution in [2.45, 2.75) is 0 Å². The molecule has 1 heterocycles. The van der Waals surface area contributed by atoms with E-state index in [4.69, 9.17) is 0 Å². The third-order valence-electron chi connectivity index (χ3n) is 1.15. The molecule has 1 amide bonds. The summed E-state index contributed by atoms with van der Waals surface area (Å²) >= 11 is 0. The summed E-state index contributed by atoms with van der Waals surface area (Å²) in [5, 5.41) is 0. The summed E-state index contributed by atoms with van der Waals surface area (Å²) in [5.74, 6) is -5.75. The predicted octanol–water partition coefficient (Wildman–Crippen LogP) is 0.598. The number of primary amides is 1. The normalized spacial score (nSPS) is 9.92. The number of nitrogens with two attached hydrogens (primary N) is 1. The Balaban J connectivity index is 3.37. The molecule has 0 aliphatic carbocycles. The first kappa shape index (κ1) is 8.51. The second-order valence-corrected chi connectivity index (χ2v) is 1.96. The summed E-state index contributed by atoms with van der Waals surface area (Å²) in [5.41, 5.74) is 3.77. The van der Waals surface area contributed by atoms with Crippen molar-refractivity contribution in [2.75, 3.05) is 0 Å². The summed E-state index contributed by atoms with van der Waals surface area (Å²) in [4.78, 5) is 12.8. The van der Waals surface area contributed by atoms with Crippen LogP contribution in [0.5, 0.6) is 0 Å². The van der Waals surface area contributed by atoms with Crippen LogP contribution in [0.1, 0.15) is 10.4 Å². The number of carbonyl (C=O) groups excluding carboxylic acids is 1. The molecule has 0 bridgehead atoms. The Bertz CT molecular complexity index is 340. The van der Waals surface area contributed by atoms with Gasteiger partial charge >= 0.3 is 0 Å². The Morgan fingerprint density at radius 2 is 2.00 bits per heavy atom. The lowest BCUT2D eigenvalue weighted by molar-refractivity contribution is 0.0994. The van der Waals surface area contributed by atoms with Gasteiger partial charge in [-0.3, -0.25) is 4.79 Å². The van der Waals surface area contributed by atoms with Crippen molar-refractivity contribution < 1.29 is 18.0 Å². The Morgan fingerprint density at radius 1 is 1.42 bits per heavy atom. The van der Waals surface area contributed by atoms with Crippen molar-refractivity contribution >= 4 is 5.91 Å². The largest absolute Gasteiger partial charge is 0.366 e. The van der Waals surface area contributed by atoms with Crippen molar-refractivity contribution in [1.82, 2.24) is 4.98 Å². The molecule has 6 heteroatoms. The van der Waals surface area contributed by atoms with Gasteiger partial charge in [0.2, 0.25) is 5.95 Å². The highest BCUT2D eigenvalue weighted by molar-refractivity contribution is 5.92. The molecule has 0 unspecified atom stereocenters. The second kappa shape index (κ2) is 2.80. The van der Waals surface area contributed by atoms with Crippen molar-refractivity contribution in [2.24, 2.45) is 5.73 Å². The monoisotopic (exact) mass is 176 g/mol. The van der Waals surface area contributed by atoms with Crippen LogP contribution in [0.25, 0.3) is 0 Å². The van der Waals surface area contributed by atoms with E-state index < -0.39 is 29.2 Å². The number of nitrogens with zero attached hydrogens (tertiary/aromatic N) is 1. The Kier molecular flexibility index (Phi) is 1.99. The van der Waals surface area contributed by atoms with E-state index >= 15 is 0 Å². The topological polar surface area (TPSA) is 56.0 Å². The molecule has 0 saturated carbocycles. The third-order valence-corrected chi connectivity index (χ3v) is 1.15. The number of aromatic nitrogens is 1. The molecular weight excluding hydrogens is 173 g/mol. The third kappa shape index (κ3) is 1.36. The number of halogens is 3. The lowest BCUT2D eigenvalue weighted by atomic mass is 10.2. The van der Waals surface area contributed by atoms with Crippen LogP contribution in [0.3, 0.4) is 0 Å². The molecule has 0 aromatic carbocycles. The standard InChI is InChI=1S/C6H3F3N2O/c7-3-1-2(6(10)12)4(8)5(9)11-3/h1H,(H2,10,12). The maximum Gasteiger partial charge on any atom is 0.252 e. The molecule has 0 radical (unpaired) electrons. The highest BCUT2D eigenvalue weighted by Crippen LogP contribution is 2.09. The van der Waals surface area contributed by atoms with Gasteiger partial charge in [-0.25, -0.2) is 4.39 Å². The molecule has 64 valence electrons. The van der Waals surface area contributed by atoms with E-state index in [9.17, 15) is 18.0 Å². The zero-order valence-electron chi connectivity index (χ0n) is 5.64. The fraction of sp³-hybridized carbons (Fsp3) is 0. The quantitative estimate of drug-likeness (QED) is 0.637. The molecule has 0 spiro atoms. The van der Waals surface area contributed by atoms with Gasteiger partial charge in [0.15, 0.2) is 5.82 Å². The smallest absolute Gasteiger partial charge is 0.252 e. The van der Waals surface area contributed by atoms with Crippen LogP contribution in [-0.4, -0.2) is 10.9 Å². The van der Waals surface area contributed by atoms with Gasteiger partial charge in [-0.1, -0.05) is 0 Å². The van der Waals surface area contributed by atoms with Crippen LogP contribution in [0.15, 0.2) is 6.07 Å². The van der Waals surface area contributed by atoms with Crippen LogP contribution >= 0.6 is 0 Å². The number of carbonyl (C=O) groups is 1. The van der Waals surface area contributed by atoms with Crippen molar-refractivity contribution in [3.05, 3.63) is 29.3 Å². The van der Waals surface area contributed by atoms with Crippen LogP contribution < -0.4 is 5.73 Å². The second-order valence-electron chi connectivity index (χ2n) is 1.96. The van der Waals surface area contributed by atoms with Crippen molar-refractivity contribution in [3.8, 4) is 0 Å². The minimum Gasteiger partial charge on any atom is -0.366 e. The fourth-order valence-corrected chi connectivity index (χ4v) is 0.648. The minimum absolute atomic E-state index is 0.431. The molecule has 0 atom stereocenters. The molecule has 1 aromatic rings. The van der Waals surface area contributed by atoms with Gasteiger partial charge in [-0.2, -0.15) is 13.8 Å². The number of pyridine rings is 1. The van der Waals surface area contributed by atoms with Crippen LogP contribution in [-0.2, 0) is 0 Å². The highest BCUT2D eigenvalue weighted by Gasteiger charge is 2.15. The molecule has 1 aromatic heterocycles. The van der Waals surface area contributed by atoms with Gasteiger partial charge < -0.3 is 5.73 Å². The van der Waals surface area contributed by atoms with Crippen molar-refractivity contribution in [1.29, 1.82) is 0 Å². The lowest BCUT2D eigenvalue weighted by Gasteiger charge is -1.97. The molecule has 12 heavy (non-hydrogen) atoms. The van der Waals surface area contributed by atoms with Gasteiger partial charge in [-0.05, 0) is 0 Å². The molecule has 2 N–H and O–H groups in total. The van der Waals surface area contributed by atoms with E-state index in [-0.39, 0.29) is 0 Å². The highest BCUT2D eigenvalue weighted by atomic mass is 19.2. The molecular formula is C6H3F3N2O. The van der Waals surface area contributed by atoms with E-state index in [0.29, 0.717) is 6.07 Å². The minimum atomic E-state index is -1.68. The van der Waals surface area contributed by atoms with Gasteiger partial charge in [0, 0.05) is 6.07 Å².